The van der Waals surface area contributed by atoms with Crippen molar-refractivity contribution in [1.82, 2.24) is 0 Å². The summed E-state index contributed by atoms with van der Waals surface area (Å²) < 4.78 is 16.3. The number of esters is 1. The molecule has 5 nitrogen and oxygen atoms in total. The van der Waals surface area contributed by atoms with Gasteiger partial charge in [-0.15, -0.1) is 0 Å². The van der Waals surface area contributed by atoms with Gasteiger partial charge in [0.2, 0.25) is 0 Å². The number of hydrogen-bond donors (Lipinski definition) is 1. The summed E-state index contributed by atoms with van der Waals surface area (Å²) in [5.41, 5.74) is -0.737. The Balaban J connectivity index is 0. The van der Waals surface area contributed by atoms with Gasteiger partial charge in [-0.25, -0.2) is 0 Å². The summed E-state index contributed by atoms with van der Waals surface area (Å²) in [6, 6.07) is 0. The van der Waals surface area contributed by atoms with Crippen molar-refractivity contribution >= 4 is 30.7 Å². The third-order valence-corrected chi connectivity index (χ3v) is 5.19. The van der Waals surface area contributed by atoms with Crippen LogP contribution in [0.1, 0.15) is 27.7 Å². The first-order valence-electron chi connectivity index (χ1n) is 5.36. The Morgan fingerprint density at radius 3 is 2.24 bits per heavy atom. The molecule has 4 atom stereocenters. The van der Waals surface area contributed by atoms with Gasteiger partial charge in [0.25, 0.3) is 0 Å². The third-order valence-electron chi connectivity index (χ3n) is 2.62. The SMILES string of the molecule is CCP(=O)([O-])C(C)C(C)C(=O)OCC(C)O.[Al+3]. The van der Waals surface area contributed by atoms with E-state index >= 15 is 0 Å². The monoisotopic (exact) mass is 278 g/mol. The molecule has 7 heteroatoms. The fourth-order valence-corrected chi connectivity index (χ4v) is 2.54. The zero-order chi connectivity index (χ0) is 12.9. The van der Waals surface area contributed by atoms with E-state index in [2.05, 4.69) is 0 Å². The van der Waals surface area contributed by atoms with Crippen LogP contribution in [0.4, 0.5) is 0 Å². The largest absolute Gasteiger partial charge is 3.00 e. The molecule has 0 radical (unpaired) electrons. The Labute approximate surface area is 113 Å². The van der Waals surface area contributed by atoms with Crippen molar-refractivity contribution in [1.29, 1.82) is 0 Å². The molecule has 0 aliphatic rings. The van der Waals surface area contributed by atoms with Crippen LogP contribution in [-0.2, 0) is 14.1 Å². The van der Waals surface area contributed by atoms with E-state index in [1.165, 1.54) is 20.8 Å². The van der Waals surface area contributed by atoms with Gasteiger partial charge in [0.15, 0.2) is 0 Å². The molecule has 17 heavy (non-hydrogen) atoms. The van der Waals surface area contributed by atoms with Crippen LogP contribution in [0.3, 0.4) is 0 Å². The molecule has 96 valence electrons. The molecule has 0 aromatic carbocycles. The molecule has 0 rings (SSSR count). The molecule has 0 saturated heterocycles. The van der Waals surface area contributed by atoms with E-state index in [0.29, 0.717) is 0 Å². The van der Waals surface area contributed by atoms with E-state index in [1.54, 1.807) is 6.92 Å². The van der Waals surface area contributed by atoms with E-state index in [-0.39, 0.29) is 30.1 Å². The molecular formula is C10H20AlO5P+2. The van der Waals surface area contributed by atoms with Gasteiger partial charge in [-0.05, 0) is 13.1 Å². The van der Waals surface area contributed by atoms with Crippen LogP contribution < -0.4 is 4.89 Å². The summed E-state index contributed by atoms with van der Waals surface area (Å²) in [6.45, 7) is 5.97. The molecular weight excluding hydrogens is 258 g/mol. The zero-order valence-electron chi connectivity index (χ0n) is 10.8. The first-order valence-corrected chi connectivity index (χ1v) is 7.24. The molecule has 0 fully saturated rings. The maximum atomic E-state index is 11.6. The summed E-state index contributed by atoms with van der Waals surface area (Å²) in [7, 11) is -3.54. The number of ether oxygens (including phenoxy) is 1. The standard InChI is InChI=1S/C10H21O5P.Al/c1-5-16(13,14)9(4)8(3)10(12)15-6-7(2)11;/h7-9,11H,5-6H2,1-4H3,(H,13,14);/q;+3/p-1. The average molecular weight is 278 g/mol. The van der Waals surface area contributed by atoms with Gasteiger partial charge in [0.1, 0.15) is 6.61 Å². The van der Waals surface area contributed by atoms with Crippen molar-refractivity contribution in [2.75, 3.05) is 12.8 Å². The van der Waals surface area contributed by atoms with Crippen LogP contribution in [-0.4, -0.2) is 53.0 Å². The molecule has 0 aromatic heterocycles. The van der Waals surface area contributed by atoms with E-state index in [1.807, 2.05) is 0 Å². The van der Waals surface area contributed by atoms with E-state index in [9.17, 15) is 14.3 Å². The topological polar surface area (TPSA) is 86.7 Å². The molecule has 0 spiro atoms. The quantitative estimate of drug-likeness (QED) is 0.426. The summed E-state index contributed by atoms with van der Waals surface area (Å²) in [4.78, 5) is 23.0. The Morgan fingerprint density at radius 1 is 1.41 bits per heavy atom. The second-order valence-electron chi connectivity index (χ2n) is 4.05. The van der Waals surface area contributed by atoms with Crippen LogP contribution in [0, 0.1) is 5.92 Å². The second kappa shape index (κ2) is 8.29. The molecule has 0 aliphatic heterocycles. The predicted molar refractivity (Wildman–Crippen MR) is 65.2 cm³/mol. The minimum Gasteiger partial charge on any atom is -0.799 e. The fraction of sp³-hybridized carbons (Fsp3) is 0.900. The zero-order valence-corrected chi connectivity index (χ0v) is 12.8. The van der Waals surface area contributed by atoms with Crippen LogP contribution in [0.15, 0.2) is 0 Å². The van der Waals surface area contributed by atoms with E-state index < -0.39 is 31.0 Å². The van der Waals surface area contributed by atoms with Crippen molar-refractivity contribution in [2.45, 2.75) is 39.5 Å². The molecule has 0 heterocycles. The van der Waals surface area contributed by atoms with Crippen molar-refractivity contribution in [3.05, 3.63) is 0 Å². The van der Waals surface area contributed by atoms with Gasteiger partial charge in [-0.1, -0.05) is 20.8 Å². The summed E-state index contributed by atoms with van der Waals surface area (Å²) in [6.07, 6.45) is -0.709. The van der Waals surface area contributed by atoms with Gasteiger partial charge >= 0.3 is 23.3 Å². The second-order valence-corrected chi connectivity index (χ2v) is 6.95. The Hall–Kier alpha value is 0.152. The number of carbonyl (C=O) groups is 1. The minimum atomic E-state index is -3.54. The van der Waals surface area contributed by atoms with Gasteiger partial charge in [-0.3, -0.25) is 4.79 Å². The number of carbonyl (C=O) groups excluding carboxylic acids is 1. The van der Waals surface area contributed by atoms with Crippen LogP contribution in [0.25, 0.3) is 0 Å². The normalized spacial score (nSPS) is 19.4. The van der Waals surface area contributed by atoms with Gasteiger partial charge in [0, 0.05) is 13.0 Å². The third kappa shape index (κ3) is 6.59. The molecule has 0 amide bonds. The molecule has 0 saturated carbocycles. The molecule has 1 N–H and O–H groups in total. The smallest absolute Gasteiger partial charge is 0.799 e. The van der Waals surface area contributed by atoms with Crippen molar-refractivity contribution in [2.24, 2.45) is 5.92 Å². The average Bonchev–Trinajstić information content (AvgIpc) is 2.23. The van der Waals surface area contributed by atoms with Gasteiger partial charge in [0.05, 0.1) is 12.0 Å². The van der Waals surface area contributed by atoms with Crippen molar-refractivity contribution in [3.63, 3.8) is 0 Å². The molecule has 0 bridgehead atoms. The van der Waals surface area contributed by atoms with E-state index in [0.717, 1.165) is 0 Å². The Bertz CT molecular complexity index is 282. The van der Waals surface area contributed by atoms with Crippen LogP contribution >= 0.6 is 7.37 Å². The van der Waals surface area contributed by atoms with E-state index in [4.69, 9.17) is 9.84 Å². The first kappa shape index (κ1) is 19.5. The summed E-state index contributed by atoms with van der Waals surface area (Å²) in [5, 5.41) is 8.93. The fourth-order valence-electron chi connectivity index (χ4n) is 1.16. The van der Waals surface area contributed by atoms with Crippen LogP contribution in [0.2, 0.25) is 0 Å². The van der Waals surface area contributed by atoms with Crippen molar-refractivity contribution in [3.8, 4) is 0 Å². The predicted octanol–water partition coefficient (Wildman–Crippen LogP) is 0.212. The minimum absolute atomic E-state index is 0. The summed E-state index contributed by atoms with van der Waals surface area (Å²) in [5.74, 6) is -1.29. The first-order chi connectivity index (χ1) is 7.22. The molecule has 4 unspecified atom stereocenters. The maximum Gasteiger partial charge on any atom is 3.00 e. The number of aliphatic hydroxyl groups excluding tert-OH is 1. The van der Waals surface area contributed by atoms with Gasteiger partial charge in [-0.2, -0.15) is 0 Å². The Morgan fingerprint density at radius 2 is 1.88 bits per heavy atom. The molecule has 0 aromatic rings. The molecule has 0 aliphatic carbocycles. The number of aliphatic hydroxyl groups is 1. The number of hydrogen-bond acceptors (Lipinski definition) is 5. The Kier molecular flexibility index (Phi) is 9.50. The number of rotatable bonds is 6. The van der Waals surface area contributed by atoms with Crippen molar-refractivity contribution < 1.29 is 24.1 Å². The summed E-state index contributed by atoms with van der Waals surface area (Å²) >= 11 is 0. The van der Waals surface area contributed by atoms with Crippen LogP contribution in [0.5, 0.6) is 0 Å². The van der Waals surface area contributed by atoms with Gasteiger partial charge < -0.3 is 19.3 Å². The maximum absolute atomic E-state index is 11.6.